The topological polar surface area (TPSA) is 44.0 Å². The van der Waals surface area contributed by atoms with Crippen LogP contribution in [-0.4, -0.2) is 5.11 Å². The van der Waals surface area contributed by atoms with E-state index in [2.05, 4.69) is 0 Å². The Morgan fingerprint density at radius 1 is 1.67 bits per heavy atom. The summed E-state index contributed by atoms with van der Waals surface area (Å²) in [7, 11) is 0. The number of aliphatic hydroxyl groups is 1. The summed E-state index contributed by atoms with van der Waals surface area (Å²) in [6, 6.07) is 0. The molecular formula is CH2FeKNOV. The van der Waals surface area contributed by atoms with Gasteiger partial charge in [-0.2, -0.15) is 5.26 Å². The quantitative estimate of drug-likeness (QED) is 0.325. The Balaban J connectivity index is -0.00000000333. The molecule has 2 nitrogen and oxygen atoms in total. The summed E-state index contributed by atoms with van der Waals surface area (Å²) in [4.78, 5) is 0. The zero-order valence-electron chi connectivity index (χ0n) is 4.20. The predicted octanol–water partition coefficient (Wildman–Crippen LogP) is -3.05. The molecule has 31 valence electrons. The van der Waals surface area contributed by atoms with Crippen LogP contribution in [0.25, 0.3) is 0 Å². The fraction of sp³-hybridized carbons (Fsp3) is 0. The summed E-state index contributed by atoms with van der Waals surface area (Å²) in [5.41, 5.74) is 0. The van der Waals surface area contributed by atoms with Gasteiger partial charge in [-0.15, -0.1) is 0 Å². The molecule has 0 saturated heterocycles. The maximum Gasteiger partial charge on any atom is 1.00 e. The third-order valence-corrected chi connectivity index (χ3v) is 0. The smallest absolute Gasteiger partial charge is 1.00 e. The molecule has 0 unspecified atom stereocenters. The van der Waals surface area contributed by atoms with Crippen molar-refractivity contribution < 1.29 is 93.5 Å². The van der Waals surface area contributed by atoms with Crippen LogP contribution in [0.1, 0.15) is 1.43 Å². The molecule has 0 spiro atoms. The van der Waals surface area contributed by atoms with Crippen molar-refractivity contribution in [3.8, 4) is 6.26 Å². The summed E-state index contributed by atoms with van der Waals surface area (Å²) < 4.78 is 0. The van der Waals surface area contributed by atoms with E-state index in [-0.39, 0.29) is 88.4 Å². The first-order valence-corrected chi connectivity index (χ1v) is 0.447. The zero-order chi connectivity index (χ0) is 2.71. The molecule has 1 radical (unpaired) electrons. The number of hydrogen-bond donors (Lipinski definition) is 1. The number of hydrogen-bond acceptors (Lipinski definition) is 2. The van der Waals surface area contributed by atoms with Gasteiger partial charge in [-0.25, -0.2) is 0 Å². The van der Waals surface area contributed by atoms with Gasteiger partial charge < -0.3 is 6.53 Å². The third-order valence-electron chi connectivity index (χ3n) is 0. The molecule has 0 aliphatic heterocycles. The fourth-order valence-corrected chi connectivity index (χ4v) is 0. The predicted molar refractivity (Wildman–Crippen MR) is 8.66 cm³/mol. The van der Waals surface area contributed by atoms with E-state index in [4.69, 9.17) is 10.4 Å². The SMILES string of the molecule is N#CO.[Fe].[H-].[K+].[V]. The monoisotopic (exact) mass is 190 g/mol. The first-order chi connectivity index (χ1) is 1.41. The molecule has 0 bridgehead atoms. The van der Waals surface area contributed by atoms with Crippen LogP contribution in [0.5, 0.6) is 0 Å². The molecule has 0 aromatic carbocycles. The zero-order valence-corrected chi connectivity index (χ0v) is 8.82. The van der Waals surface area contributed by atoms with Crippen molar-refractivity contribution >= 4 is 0 Å². The minimum Gasteiger partial charge on any atom is -1.00 e. The summed E-state index contributed by atoms with van der Waals surface area (Å²) in [5.74, 6) is 0. The Kier molecular flexibility index (Phi) is 113. The molecule has 0 amide bonds. The van der Waals surface area contributed by atoms with E-state index < -0.39 is 0 Å². The molecule has 0 aliphatic rings. The summed E-state index contributed by atoms with van der Waals surface area (Å²) >= 11 is 0. The molecule has 0 aromatic heterocycles. The van der Waals surface area contributed by atoms with Gasteiger partial charge in [0.05, 0.1) is 0 Å². The van der Waals surface area contributed by atoms with Crippen LogP contribution in [0.15, 0.2) is 0 Å². The minimum atomic E-state index is 0. The van der Waals surface area contributed by atoms with Gasteiger partial charge in [0.2, 0.25) is 0 Å². The molecule has 0 aromatic rings. The number of aliphatic hydroxyl groups excluding tert-OH is 1. The van der Waals surface area contributed by atoms with Crippen molar-refractivity contribution in [1.29, 1.82) is 5.26 Å². The Hall–Kier alpha value is 2.03. The van der Waals surface area contributed by atoms with Crippen LogP contribution in [0, 0.1) is 11.5 Å². The van der Waals surface area contributed by atoms with Gasteiger partial charge in [0.1, 0.15) is 0 Å². The third kappa shape index (κ3) is 37.0. The van der Waals surface area contributed by atoms with Crippen LogP contribution in [0.2, 0.25) is 0 Å². The first-order valence-electron chi connectivity index (χ1n) is 0.447. The molecule has 0 atom stereocenters. The van der Waals surface area contributed by atoms with E-state index in [1.165, 1.54) is 0 Å². The van der Waals surface area contributed by atoms with Crippen molar-refractivity contribution in [2.45, 2.75) is 0 Å². The van der Waals surface area contributed by atoms with Crippen LogP contribution in [-0.2, 0) is 35.6 Å². The molecule has 5 heteroatoms. The molecule has 0 saturated carbocycles. The molecule has 1 N–H and O–H groups in total. The van der Waals surface area contributed by atoms with Gasteiger partial charge >= 0.3 is 51.4 Å². The van der Waals surface area contributed by atoms with Crippen molar-refractivity contribution in [1.82, 2.24) is 0 Å². The summed E-state index contributed by atoms with van der Waals surface area (Å²) in [6.45, 7) is 0. The molecule has 0 rings (SSSR count). The van der Waals surface area contributed by atoms with Gasteiger partial charge in [0, 0.05) is 35.6 Å². The standard InChI is InChI=1S/CHNO.Fe.K.V.H/c2-1-3;;;;/h3H;;;;/q;;+1;;-1. The average Bonchev–Trinajstić information content (AvgIpc) is 0.918. The van der Waals surface area contributed by atoms with E-state index >= 15 is 0 Å². The van der Waals surface area contributed by atoms with Gasteiger partial charge in [0.25, 0.3) is 6.26 Å². The Bertz CT molecular complexity index is 41.2. The van der Waals surface area contributed by atoms with Crippen LogP contribution >= 0.6 is 0 Å². The van der Waals surface area contributed by atoms with E-state index in [0.717, 1.165) is 6.26 Å². The van der Waals surface area contributed by atoms with Crippen molar-refractivity contribution in [2.75, 3.05) is 0 Å². The van der Waals surface area contributed by atoms with Gasteiger partial charge in [-0.3, -0.25) is 0 Å². The maximum atomic E-state index is 6.88. The first kappa shape index (κ1) is 24.4. The second-order valence-electron chi connectivity index (χ2n) is 0.100. The number of nitriles is 1. The average molecular weight is 190 g/mol. The van der Waals surface area contributed by atoms with E-state index in [9.17, 15) is 0 Å². The number of rotatable bonds is 0. The molecule has 0 aliphatic carbocycles. The van der Waals surface area contributed by atoms with E-state index in [0.29, 0.717) is 0 Å². The number of nitrogens with zero attached hydrogens (tertiary/aromatic N) is 1. The van der Waals surface area contributed by atoms with E-state index in [1.54, 1.807) is 0 Å². The van der Waals surface area contributed by atoms with Gasteiger partial charge in [-0.1, -0.05) is 0 Å². The van der Waals surface area contributed by atoms with Gasteiger partial charge in [0.15, 0.2) is 0 Å². The second-order valence-corrected chi connectivity index (χ2v) is 0.100. The van der Waals surface area contributed by atoms with Gasteiger partial charge in [-0.05, 0) is 0 Å². The van der Waals surface area contributed by atoms with Crippen LogP contribution in [0.4, 0.5) is 0 Å². The minimum absolute atomic E-state index is 0. The Labute approximate surface area is 103 Å². The van der Waals surface area contributed by atoms with Crippen molar-refractivity contribution in [3.63, 3.8) is 0 Å². The summed E-state index contributed by atoms with van der Waals surface area (Å²) in [6.07, 6.45) is 0.750. The second kappa shape index (κ2) is 27.8. The molecular weight excluding hydrogens is 188 g/mol. The summed E-state index contributed by atoms with van der Waals surface area (Å²) in [5, 5.41) is 13.8. The molecule has 0 heterocycles. The Morgan fingerprint density at radius 3 is 1.67 bits per heavy atom. The van der Waals surface area contributed by atoms with Crippen molar-refractivity contribution in [3.05, 3.63) is 0 Å². The fourth-order valence-electron chi connectivity index (χ4n) is 0. The van der Waals surface area contributed by atoms with E-state index in [1.807, 2.05) is 0 Å². The molecule has 6 heavy (non-hydrogen) atoms. The maximum absolute atomic E-state index is 6.88. The molecule has 0 fully saturated rings. The van der Waals surface area contributed by atoms with Crippen LogP contribution in [0.3, 0.4) is 0 Å². The van der Waals surface area contributed by atoms with Crippen LogP contribution < -0.4 is 51.4 Å². The normalized spacial score (nSPS) is 1.17. The largest absolute Gasteiger partial charge is 1.00 e. The Morgan fingerprint density at radius 2 is 1.67 bits per heavy atom. The van der Waals surface area contributed by atoms with Crippen molar-refractivity contribution in [2.24, 2.45) is 0 Å².